The van der Waals surface area contributed by atoms with Crippen molar-refractivity contribution in [1.82, 2.24) is 0 Å². The second-order valence-corrected chi connectivity index (χ2v) is 10.6. The number of nitrogens with two attached hydrogens (primary N) is 1. The maximum absolute atomic E-state index is 12.5. The van der Waals surface area contributed by atoms with Crippen molar-refractivity contribution in [3.8, 4) is 34.8 Å². The van der Waals surface area contributed by atoms with E-state index in [-0.39, 0.29) is 23.8 Å². The lowest BCUT2D eigenvalue weighted by Crippen LogP contribution is -2.22. The van der Waals surface area contributed by atoms with E-state index in [0.29, 0.717) is 47.0 Å². The number of carbonyl (C=O) groups is 1. The van der Waals surface area contributed by atoms with E-state index in [1.807, 2.05) is 42.5 Å². The number of ether oxygens (including phenoxy) is 5. The molecule has 8 heteroatoms. The van der Waals surface area contributed by atoms with Gasteiger partial charge in [-0.25, -0.2) is 4.79 Å². The SMILES string of the molecule is COc1cc(C2C(C#N)=C(N)Oc3cc(OC(=O)COc4ccc(C(C)C)cc4)ccc32)ccc1OCCC(C)C. The van der Waals surface area contributed by atoms with E-state index in [2.05, 4.69) is 33.8 Å². The lowest BCUT2D eigenvalue weighted by molar-refractivity contribution is -0.136. The maximum atomic E-state index is 12.5. The molecule has 0 spiro atoms. The predicted octanol–water partition coefficient (Wildman–Crippen LogP) is 6.45. The van der Waals surface area contributed by atoms with Crippen molar-refractivity contribution in [2.45, 2.75) is 46.0 Å². The molecule has 0 radical (unpaired) electrons. The Morgan fingerprint density at radius 3 is 2.37 bits per heavy atom. The fourth-order valence-corrected chi connectivity index (χ4v) is 4.48. The Hall–Kier alpha value is -4.64. The molecule has 0 amide bonds. The summed E-state index contributed by atoms with van der Waals surface area (Å²) in [7, 11) is 1.58. The van der Waals surface area contributed by atoms with E-state index in [0.717, 1.165) is 12.0 Å². The fraction of sp³-hybridized carbons (Fsp3) is 0.333. The minimum Gasteiger partial charge on any atom is -0.493 e. The third-order valence-electron chi connectivity index (χ3n) is 6.80. The molecule has 1 atom stereocenters. The number of allylic oxidation sites excluding steroid dienone is 1. The molecule has 0 saturated carbocycles. The molecule has 1 unspecified atom stereocenters. The predicted molar refractivity (Wildman–Crippen MR) is 155 cm³/mol. The first-order valence-corrected chi connectivity index (χ1v) is 13.7. The average molecular weight is 557 g/mol. The topological polar surface area (TPSA) is 113 Å². The van der Waals surface area contributed by atoms with Gasteiger partial charge in [-0.2, -0.15) is 5.26 Å². The lowest BCUT2D eigenvalue weighted by atomic mass is 9.83. The van der Waals surface area contributed by atoms with Crippen LogP contribution in [0.5, 0.6) is 28.7 Å². The van der Waals surface area contributed by atoms with Gasteiger partial charge in [0.2, 0.25) is 5.88 Å². The number of methoxy groups -OCH3 is 1. The van der Waals surface area contributed by atoms with Gasteiger partial charge in [0.25, 0.3) is 0 Å². The van der Waals surface area contributed by atoms with Crippen LogP contribution < -0.4 is 29.4 Å². The van der Waals surface area contributed by atoms with E-state index in [1.54, 1.807) is 25.3 Å². The number of hydrogen-bond acceptors (Lipinski definition) is 8. The zero-order valence-corrected chi connectivity index (χ0v) is 24.1. The summed E-state index contributed by atoms with van der Waals surface area (Å²) < 4.78 is 28.4. The molecule has 0 aliphatic carbocycles. The monoisotopic (exact) mass is 556 g/mol. The van der Waals surface area contributed by atoms with Gasteiger partial charge in [0.15, 0.2) is 18.1 Å². The fourth-order valence-electron chi connectivity index (χ4n) is 4.48. The van der Waals surface area contributed by atoms with Gasteiger partial charge in [0, 0.05) is 11.6 Å². The van der Waals surface area contributed by atoms with Crippen molar-refractivity contribution in [1.29, 1.82) is 5.26 Å². The number of esters is 1. The van der Waals surface area contributed by atoms with Gasteiger partial charge in [-0.3, -0.25) is 0 Å². The Kier molecular flexibility index (Phi) is 9.41. The average Bonchev–Trinajstić information content (AvgIpc) is 2.95. The van der Waals surface area contributed by atoms with Gasteiger partial charge in [-0.15, -0.1) is 0 Å². The molecule has 1 aliphatic rings. The molecule has 0 aromatic heterocycles. The van der Waals surface area contributed by atoms with E-state index in [1.165, 1.54) is 5.56 Å². The van der Waals surface area contributed by atoms with Crippen molar-refractivity contribution < 1.29 is 28.5 Å². The maximum Gasteiger partial charge on any atom is 0.349 e. The number of fused-ring (bicyclic) bond motifs is 1. The summed E-state index contributed by atoms with van der Waals surface area (Å²) >= 11 is 0. The molecular formula is C33H36N2O6. The second-order valence-electron chi connectivity index (χ2n) is 10.6. The number of benzene rings is 3. The third kappa shape index (κ3) is 7.12. The summed E-state index contributed by atoms with van der Waals surface area (Å²) in [5, 5.41) is 9.93. The van der Waals surface area contributed by atoms with Crippen LogP contribution in [0.2, 0.25) is 0 Å². The van der Waals surface area contributed by atoms with Crippen molar-refractivity contribution in [3.05, 3.63) is 88.8 Å². The summed E-state index contributed by atoms with van der Waals surface area (Å²) in [5.41, 5.74) is 9.11. The van der Waals surface area contributed by atoms with Crippen molar-refractivity contribution in [2.75, 3.05) is 20.3 Å². The van der Waals surface area contributed by atoms with Crippen LogP contribution in [0.15, 0.2) is 72.1 Å². The molecule has 0 bridgehead atoms. The second kappa shape index (κ2) is 13.1. The smallest absolute Gasteiger partial charge is 0.349 e. The van der Waals surface area contributed by atoms with Gasteiger partial charge in [0.1, 0.15) is 28.9 Å². The number of rotatable bonds is 11. The normalized spacial score (nSPS) is 14.2. The zero-order chi connectivity index (χ0) is 29.5. The highest BCUT2D eigenvalue weighted by Gasteiger charge is 2.32. The highest BCUT2D eigenvalue weighted by molar-refractivity contribution is 5.74. The molecular weight excluding hydrogens is 520 g/mol. The molecule has 2 N–H and O–H groups in total. The number of nitrogens with zero attached hydrogens (tertiary/aromatic N) is 1. The van der Waals surface area contributed by atoms with Gasteiger partial charge < -0.3 is 29.4 Å². The van der Waals surface area contributed by atoms with Crippen LogP contribution in [0.3, 0.4) is 0 Å². The van der Waals surface area contributed by atoms with E-state index < -0.39 is 11.9 Å². The standard InChI is InChI=1S/C33H36N2O6/c1-20(2)14-15-38-28-13-8-23(16-30(28)37-5)32-26-12-11-25(17-29(26)41-33(35)27(32)18-34)40-31(36)19-39-24-9-6-22(7-10-24)21(3)4/h6-13,16-17,20-21,32H,14-15,19,35H2,1-5H3. The zero-order valence-electron chi connectivity index (χ0n) is 24.1. The van der Waals surface area contributed by atoms with Crippen LogP contribution in [0, 0.1) is 17.2 Å². The highest BCUT2D eigenvalue weighted by Crippen LogP contribution is 2.45. The van der Waals surface area contributed by atoms with E-state index in [9.17, 15) is 10.1 Å². The number of nitriles is 1. The molecule has 3 aromatic carbocycles. The molecule has 214 valence electrons. The first kappa shape index (κ1) is 29.3. The Labute approximate surface area is 241 Å². The van der Waals surface area contributed by atoms with E-state index in [4.69, 9.17) is 29.4 Å². The minimum absolute atomic E-state index is 0.0159. The minimum atomic E-state index is -0.565. The van der Waals surface area contributed by atoms with Crippen molar-refractivity contribution in [2.24, 2.45) is 11.7 Å². The van der Waals surface area contributed by atoms with Crippen LogP contribution in [0.25, 0.3) is 0 Å². The largest absolute Gasteiger partial charge is 0.493 e. The van der Waals surface area contributed by atoms with Crippen LogP contribution in [-0.2, 0) is 4.79 Å². The first-order chi connectivity index (χ1) is 19.7. The summed E-state index contributed by atoms with van der Waals surface area (Å²) in [5.74, 6) is 2.25. The molecule has 3 aromatic rings. The number of hydrogen-bond donors (Lipinski definition) is 1. The molecule has 8 nitrogen and oxygen atoms in total. The van der Waals surface area contributed by atoms with Crippen molar-refractivity contribution >= 4 is 5.97 Å². The third-order valence-corrected chi connectivity index (χ3v) is 6.80. The van der Waals surface area contributed by atoms with Crippen LogP contribution in [-0.4, -0.2) is 26.3 Å². The Morgan fingerprint density at radius 1 is 0.976 bits per heavy atom. The number of carbonyl (C=O) groups excluding carboxylic acids is 1. The summed E-state index contributed by atoms with van der Waals surface area (Å²) in [4.78, 5) is 12.5. The molecule has 1 heterocycles. The molecule has 0 fully saturated rings. The summed E-state index contributed by atoms with van der Waals surface area (Å²) in [6.07, 6.45) is 0.917. The van der Waals surface area contributed by atoms with E-state index >= 15 is 0 Å². The lowest BCUT2D eigenvalue weighted by Gasteiger charge is -2.27. The van der Waals surface area contributed by atoms with Crippen LogP contribution >= 0.6 is 0 Å². The van der Waals surface area contributed by atoms with Gasteiger partial charge in [-0.05, 0) is 59.7 Å². The molecule has 41 heavy (non-hydrogen) atoms. The summed E-state index contributed by atoms with van der Waals surface area (Å²) in [6.45, 7) is 8.81. The van der Waals surface area contributed by atoms with Crippen LogP contribution in [0.1, 0.15) is 62.6 Å². The van der Waals surface area contributed by atoms with Gasteiger partial charge >= 0.3 is 5.97 Å². The van der Waals surface area contributed by atoms with Crippen LogP contribution in [0.4, 0.5) is 0 Å². The Bertz CT molecular complexity index is 1450. The van der Waals surface area contributed by atoms with Crippen molar-refractivity contribution in [3.63, 3.8) is 0 Å². The highest BCUT2D eigenvalue weighted by atomic mass is 16.6. The Morgan fingerprint density at radius 2 is 1.71 bits per heavy atom. The Balaban J connectivity index is 1.51. The summed E-state index contributed by atoms with van der Waals surface area (Å²) in [6, 6.07) is 20.3. The quantitative estimate of drug-likeness (QED) is 0.212. The molecule has 1 aliphatic heterocycles. The molecule has 4 rings (SSSR count). The first-order valence-electron chi connectivity index (χ1n) is 13.7. The molecule has 0 saturated heterocycles. The van der Waals surface area contributed by atoms with Gasteiger partial charge in [-0.1, -0.05) is 52.0 Å². The van der Waals surface area contributed by atoms with Gasteiger partial charge in [0.05, 0.1) is 19.6 Å².